The molecular weight excluding hydrogens is 536 g/mol. The van der Waals surface area contributed by atoms with Gasteiger partial charge in [-0.05, 0) is 40.4 Å². The lowest BCUT2D eigenvalue weighted by Gasteiger charge is -2.31. The Balaban J connectivity index is 1.94. The van der Waals surface area contributed by atoms with Crippen molar-refractivity contribution in [3.05, 3.63) is 46.4 Å². The van der Waals surface area contributed by atoms with Crippen molar-refractivity contribution in [1.82, 2.24) is 15.2 Å². The average molecular weight is 559 g/mol. The Bertz CT molecular complexity index is 1290. The summed E-state index contributed by atoms with van der Waals surface area (Å²) in [7, 11) is 1.48. The van der Waals surface area contributed by atoms with Crippen LogP contribution in [0.2, 0.25) is 0 Å². The molecule has 0 saturated heterocycles. The summed E-state index contributed by atoms with van der Waals surface area (Å²) in [6.45, 7) is 3.49. The normalized spacial score (nSPS) is 14.3. The number of ether oxygens (including phenoxy) is 3. The molecule has 0 unspecified atom stereocenters. The van der Waals surface area contributed by atoms with Gasteiger partial charge in [-0.15, -0.1) is 10.2 Å². The summed E-state index contributed by atoms with van der Waals surface area (Å²) in [5, 5.41) is 8.97. The first kappa shape index (κ1) is 24.9. The second-order valence-electron chi connectivity index (χ2n) is 7.42. The molecule has 11 heteroatoms. The third kappa shape index (κ3) is 4.83. The molecule has 0 fully saturated rings. The van der Waals surface area contributed by atoms with Crippen LogP contribution in [0.15, 0.2) is 46.0 Å². The Labute approximate surface area is 215 Å². The van der Waals surface area contributed by atoms with Gasteiger partial charge in [-0.2, -0.15) is 4.98 Å². The molecule has 1 atom stereocenters. The molecule has 1 aromatic heterocycles. The van der Waals surface area contributed by atoms with Crippen LogP contribution in [0.25, 0.3) is 11.3 Å². The van der Waals surface area contributed by atoms with Gasteiger partial charge in [0.25, 0.3) is 0 Å². The fraction of sp³-hybridized carbons (Fsp3) is 0.292. The smallest absolute Gasteiger partial charge is 0.311 e. The van der Waals surface area contributed by atoms with Crippen molar-refractivity contribution in [1.29, 1.82) is 0 Å². The Morgan fingerprint density at radius 2 is 1.94 bits per heavy atom. The van der Waals surface area contributed by atoms with Crippen molar-refractivity contribution in [2.24, 2.45) is 0 Å². The van der Waals surface area contributed by atoms with Crippen LogP contribution < -0.4 is 19.1 Å². The number of thioether (sulfide) groups is 1. The van der Waals surface area contributed by atoms with E-state index in [0.717, 1.165) is 0 Å². The molecule has 0 bridgehead atoms. The van der Waals surface area contributed by atoms with E-state index in [-0.39, 0.29) is 30.4 Å². The number of halogens is 1. The molecule has 0 radical (unpaired) electrons. The van der Waals surface area contributed by atoms with Gasteiger partial charge in [0, 0.05) is 24.0 Å². The molecule has 1 amide bonds. The van der Waals surface area contributed by atoms with Crippen LogP contribution in [0.4, 0.5) is 5.69 Å². The lowest BCUT2D eigenvalue weighted by Crippen LogP contribution is -2.37. The second kappa shape index (κ2) is 10.6. The number of carbonyl (C=O) groups excluding carboxylic acids is 2. The predicted molar refractivity (Wildman–Crippen MR) is 135 cm³/mol. The van der Waals surface area contributed by atoms with Gasteiger partial charge in [-0.25, -0.2) is 0 Å². The molecule has 0 N–H and O–H groups in total. The molecule has 1 aliphatic rings. The minimum Gasteiger partial charge on any atom is -0.493 e. The summed E-state index contributed by atoms with van der Waals surface area (Å²) in [6, 6.07) is 10.8. The van der Waals surface area contributed by atoms with Gasteiger partial charge in [0.05, 0.1) is 17.3 Å². The van der Waals surface area contributed by atoms with E-state index >= 15 is 0 Å². The quantitative estimate of drug-likeness (QED) is 0.230. The second-order valence-corrected chi connectivity index (χ2v) is 9.05. The fourth-order valence-electron chi connectivity index (χ4n) is 3.62. The number of nitrogens with zero attached hydrogens (tertiary/aromatic N) is 4. The number of hydrogen-bond acceptors (Lipinski definition) is 9. The third-order valence-corrected chi connectivity index (χ3v) is 6.43. The van der Waals surface area contributed by atoms with E-state index in [9.17, 15) is 9.59 Å². The summed E-state index contributed by atoms with van der Waals surface area (Å²) in [5.41, 5.74) is 2.32. The van der Waals surface area contributed by atoms with Crippen LogP contribution in [-0.2, 0) is 9.59 Å². The van der Waals surface area contributed by atoms with Gasteiger partial charge in [-0.1, -0.05) is 43.8 Å². The summed E-state index contributed by atoms with van der Waals surface area (Å²) >= 11 is 4.82. The lowest BCUT2D eigenvalue weighted by molar-refractivity contribution is -0.134. The van der Waals surface area contributed by atoms with Crippen LogP contribution in [0, 0.1) is 0 Å². The first-order valence-electron chi connectivity index (χ1n) is 10.9. The maximum atomic E-state index is 13.3. The molecule has 182 valence electrons. The van der Waals surface area contributed by atoms with E-state index in [0.29, 0.717) is 37.9 Å². The van der Waals surface area contributed by atoms with E-state index < -0.39 is 12.2 Å². The number of methoxy groups -OCH3 is 1. The molecule has 0 aliphatic carbocycles. The zero-order valence-corrected chi connectivity index (χ0v) is 22.0. The average Bonchev–Trinajstić information content (AvgIpc) is 3.03. The highest BCUT2D eigenvalue weighted by atomic mass is 79.9. The molecule has 0 spiro atoms. The van der Waals surface area contributed by atoms with Crippen molar-refractivity contribution in [2.45, 2.75) is 38.1 Å². The zero-order valence-electron chi connectivity index (χ0n) is 19.6. The standard InChI is InChI=1S/C24H23BrN4O5S/c1-5-18(30)29-16-10-8-7-9-14(16)20-22(26-24(35-4)28-27-20)34-23(29)13-11-15(25)21(17(12-13)32-3)33-19(31)6-2/h7-12,23H,5-6H2,1-4H3/t23-/m0/s1. The highest BCUT2D eigenvalue weighted by Gasteiger charge is 2.36. The van der Waals surface area contributed by atoms with Crippen molar-refractivity contribution in [2.75, 3.05) is 18.3 Å². The number of rotatable bonds is 6. The third-order valence-electron chi connectivity index (χ3n) is 5.31. The van der Waals surface area contributed by atoms with Crippen molar-refractivity contribution < 1.29 is 23.8 Å². The molecule has 3 aromatic rings. The summed E-state index contributed by atoms with van der Waals surface area (Å²) in [5.74, 6) is 0.252. The van der Waals surface area contributed by atoms with Crippen LogP contribution >= 0.6 is 27.7 Å². The molecule has 35 heavy (non-hydrogen) atoms. The highest BCUT2D eigenvalue weighted by Crippen LogP contribution is 2.46. The number of fused-ring (bicyclic) bond motifs is 3. The first-order chi connectivity index (χ1) is 16.9. The van der Waals surface area contributed by atoms with E-state index in [1.165, 1.54) is 18.9 Å². The van der Waals surface area contributed by atoms with Gasteiger partial charge in [0.1, 0.15) is 0 Å². The number of esters is 1. The number of para-hydroxylation sites is 1. The maximum absolute atomic E-state index is 13.3. The minimum absolute atomic E-state index is 0.162. The molecule has 9 nitrogen and oxygen atoms in total. The lowest BCUT2D eigenvalue weighted by atomic mass is 10.1. The first-order valence-corrected chi connectivity index (χ1v) is 12.9. The van der Waals surface area contributed by atoms with E-state index in [1.807, 2.05) is 30.5 Å². The molecule has 2 aromatic carbocycles. The Hall–Kier alpha value is -3.18. The van der Waals surface area contributed by atoms with Crippen molar-refractivity contribution >= 4 is 45.3 Å². The van der Waals surface area contributed by atoms with Gasteiger partial charge in [0.2, 0.25) is 23.2 Å². The summed E-state index contributed by atoms with van der Waals surface area (Å²) < 4.78 is 17.9. The zero-order chi connectivity index (χ0) is 25.1. The monoisotopic (exact) mass is 558 g/mol. The Morgan fingerprint density at radius 1 is 1.17 bits per heavy atom. The highest BCUT2D eigenvalue weighted by molar-refractivity contribution is 9.10. The SMILES string of the molecule is CCC(=O)Oc1c(Br)cc([C@@H]2Oc3nc(SC)nnc3-c3ccccc3N2C(=O)CC)cc1OC. The van der Waals surface area contributed by atoms with Crippen LogP contribution in [0.5, 0.6) is 17.4 Å². The topological polar surface area (TPSA) is 104 Å². The Morgan fingerprint density at radius 3 is 2.63 bits per heavy atom. The Kier molecular flexibility index (Phi) is 7.56. The molecule has 0 saturated carbocycles. The fourth-order valence-corrected chi connectivity index (χ4v) is 4.46. The van der Waals surface area contributed by atoms with Gasteiger partial charge in [-0.3, -0.25) is 14.5 Å². The van der Waals surface area contributed by atoms with Gasteiger partial charge >= 0.3 is 5.97 Å². The van der Waals surface area contributed by atoms with Crippen LogP contribution in [-0.4, -0.2) is 40.4 Å². The predicted octanol–water partition coefficient (Wildman–Crippen LogP) is 5.18. The number of anilines is 1. The number of aromatic nitrogens is 3. The largest absolute Gasteiger partial charge is 0.493 e. The van der Waals surface area contributed by atoms with Crippen molar-refractivity contribution in [3.63, 3.8) is 0 Å². The van der Waals surface area contributed by atoms with E-state index in [4.69, 9.17) is 14.2 Å². The van der Waals surface area contributed by atoms with Gasteiger partial charge in [0.15, 0.2) is 17.2 Å². The maximum Gasteiger partial charge on any atom is 0.311 e. The summed E-state index contributed by atoms with van der Waals surface area (Å²) in [4.78, 5) is 31.4. The number of benzene rings is 2. The minimum atomic E-state index is -0.905. The number of amides is 1. The molecule has 2 heterocycles. The van der Waals surface area contributed by atoms with E-state index in [2.05, 4.69) is 31.1 Å². The molecule has 4 rings (SSSR count). The van der Waals surface area contributed by atoms with E-state index in [1.54, 1.807) is 30.9 Å². The summed E-state index contributed by atoms with van der Waals surface area (Å²) in [6.07, 6.45) is 1.39. The molecule has 1 aliphatic heterocycles. The van der Waals surface area contributed by atoms with Crippen LogP contribution in [0.1, 0.15) is 38.5 Å². The molecular formula is C24H23BrN4O5S. The van der Waals surface area contributed by atoms with Gasteiger partial charge < -0.3 is 14.2 Å². The number of carbonyl (C=O) groups is 2. The number of hydrogen-bond donors (Lipinski definition) is 0. The van der Waals surface area contributed by atoms with Crippen molar-refractivity contribution in [3.8, 4) is 28.6 Å². The van der Waals surface area contributed by atoms with Crippen LogP contribution in [0.3, 0.4) is 0 Å².